The molecule has 2 aromatic rings. The zero-order valence-electron chi connectivity index (χ0n) is 10.5. The maximum absolute atomic E-state index is 2.27. The summed E-state index contributed by atoms with van der Waals surface area (Å²) in [6, 6.07) is 19.8. The fourth-order valence-electron chi connectivity index (χ4n) is 2.08. The topological polar surface area (TPSA) is 0 Å². The highest BCUT2D eigenvalue weighted by Crippen LogP contribution is 2.10. The van der Waals surface area contributed by atoms with Crippen LogP contribution in [0.5, 0.6) is 0 Å². The van der Waals surface area contributed by atoms with Crippen molar-refractivity contribution in [1.82, 2.24) is 0 Å². The van der Waals surface area contributed by atoms with Crippen molar-refractivity contribution < 1.29 is 0 Å². The molecular formula is C17H20. The Morgan fingerprint density at radius 1 is 0.647 bits per heavy atom. The van der Waals surface area contributed by atoms with E-state index in [2.05, 4.69) is 61.5 Å². The van der Waals surface area contributed by atoms with Crippen LogP contribution in [-0.2, 0) is 19.3 Å². The summed E-state index contributed by atoms with van der Waals surface area (Å²) in [5, 5.41) is 0. The van der Waals surface area contributed by atoms with E-state index < -0.39 is 0 Å². The Bertz CT molecular complexity index is 425. The summed E-state index contributed by atoms with van der Waals surface area (Å²) in [4.78, 5) is 0. The highest BCUT2D eigenvalue weighted by atomic mass is 14.0. The van der Waals surface area contributed by atoms with Crippen molar-refractivity contribution in [3.05, 3.63) is 71.3 Å². The van der Waals surface area contributed by atoms with E-state index in [1.807, 2.05) is 0 Å². The molecule has 0 unspecified atom stereocenters. The highest BCUT2D eigenvalue weighted by molar-refractivity contribution is 5.23. The fourth-order valence-corrected chi connectivity index (χ4v) is 2.08. The van der Waals surface area contributed by atoms with Crippen LogP contribution in [0.1, 0.15) is 30.0 Å². The molecular weight excluding hydrogens is 204 g/mol. The van der Waals surface area contributed by atoms with Gasteiger partial charge in [-0.05, 0) is 42.4 Å². The number of aryl methyl sites for hydroxylation is 3. The van der Waals surface area contributed by atoms with Crippen molar-refractivity contribution in [2.45, 2.75) is 32.6 Å². The van der Waals surface area contributed by atoms with Gasteiger partial charge in [-0.1, -0.05) is 61.5 Å². The summed E-state index contributed by atoms with van der Waals surface area (Å²) in [6.07, 6.45) is 4.72. The minimum absolute atomic E-state index is 1.13. The van der Waals surface area contributed by atoms with Crippen LogP contribution in [0.15, 0.2) is 54.6 Å². The molecule has 0 heteroatoms. The monoisotopic (exact) mass is 224 g/mol. The zero-order valence-corrected chi connectivity index (χ0v) is 10.5. The van der Waals surface area contributed by atoms with Crippen LogP contribution in [0.2, 0.25) is 0 Å². The van der Waals surface area contributed by atoms with Gasteiger partial charge in [-0.3, -0.25) is 0 Å². The molecule has 0 saturated carbocycles. The molecule has 0 radical (unpaired) electrons. The molecule has 2 rings (SSSR count). The Labute approximate surface area is 104 Å². The summed E-state index contributed by atoms with van der Waals surface area (Å²) in [7, 11) is 0. The predicted molar refractivity (Wildman–Crippen MR) is 74.3 cm³/mol. The van der Waals surface area contributed by atoms with Gasteiger partial charge >= 0.3 is 0 Å². The average Bonchev–Trinajstić information content (AvgIpc) is 2.41. The maximum Gasteiger partial charge on any atom is -0.0276 e. The van der Waals surface area contributed by atoms with E-state index in [-0.39, 0.29) is 0 Å². The molecule has 88 valence electrons. The van der Waals surface area contributed by atoms with Crippen LogP contribution in [0.4, 0.5) is 0 Å². The van der Waals surface area contributed by atoms with E-state index >= 15 is 0 Å². The minimum Gasteiger partial charge on any atom is -0.0622 e. The lowest BCUT2D eigenvalue weighted by Crippen LogP contribution is -1.90. The lowest BCUT2D eigenvalue weighted by Gasteiger charge is -2.03. The number of rotatable bonds is 5. The first kappa shape index (κ1) is 11.9. The lowest BCUT2D eigenvalue weighted by molar-refractivity contribution is 0.820. The quantitative estimate of drug-likeness (QED) is 0.705. The van der Waals surface area contributed by atoms with E-state index in [1.165, 1.54) is 36.0 Å². The van der Waals surface area contributed by atoms with Gasteiger partial charge in [0.15, 0.2) is 0 Å². The molecule has 0 N–H and O–H groups in total. The molecule has 0 heterocycles. The Morgan fingerprint density at radius 3 is 1.76 bits per heavy atom. The average molecular weight is 224 g/mol. The molecule has 0 aromatic heterocycles. The molecule has 0 nitrogen and oxygen atoms in total. The summed E-state index contributed by atoms with van der Waals surface area (Å²) < 4.78 is 0. The smallest absolute Gasteiger partial charge is 0.0276 e. The van der Waals surface area contributed by atoms with Gasteiger partial charge in [0.05, 0.1) is 0 Å². The van der Waals surface area contributed by atoms with E-state index in [0.717, 1.165) is 6.42 Å². The predicted octanol–water partition coefficient (Wildman–Crippen LogP) is 4.42. The molecule has 0 spiro atoms. The SMILES string of the molecule is CCc1ccc(CCCc2ccccc2)cc1. The second-order valence-corrected chi connectivity index (χ2v) is 4.51. The van der Waals surface area contributed by atoms with Crippen LogP contribution in [0.3, 0.4) is 0 Å². The third kappa shape index (κ3) is 3.74. The van der Waals surface area contributed by atoms with Crippen molar-refractivity contribution in [2.24, 2.45) is 0 Å². The second-order valence-electron chi connectivity index (χ2n) is 4.51. The molecule has 0 aliphatic heterocycles. The van der Waals surface area contributed by atoms with Gasteiger partial charge in [0.2, 0.25) is 0 Å². The Morgan fingerprint density at radius 2 is 1.18 bits per heavy atom. The largest absolute Gasteiger partial charge is 0.0622 e. The van der Waals surface area contributed by atoms with Crippen LogP contribution in [0.25, 0.3) is 0 Å². The third-order valence-corrected chi connectivity index (χ3v) is 3.20. The molecule has 0 amide bonds. The molecule has 0 saturated heterocycles. The molecule has 0 bridgehead atoms. The Hall–Kier alpha value is -1.56. The van der Waals surface area contributed by atoms with Crippen molar-refractivity contribution >= 4 is 0 Å². The maximum atomic E-state index is 2.27. The van der Waals surface area contributed by atoms with Gasteiger partial charge in [-0.15, -0.1) is 0 Å². The van der Waals surface area contributed by atoms with E-state index in [0.29, 0.717) is 0 Å². The molecule has 0 aliphatic carbocycles. The van der Waals surface area contributed by atoms with Gasteiger partial charge in [-0.2, -0.15) is 0 Å². The van der Waals surface area contributed by atoms with Crippen LogP contribution >= 0.6 is 0 Å². The van der Waals surface area contributed by atoms with Crippen molar-refractivity contribution in [1.29, 1.82) is 0 Å². The van der Waals surface area contributed by atoms with Gasteiger partial charge < -0.3 is 0 Å². The Balaban J connectivity index is 1.82. The lowest BCUT2D eigenvalue weighted by atomic mass is 10.0. The summed E-state index contributed by atoms with van der Waals surface area (Å²) >= 11 is 0. The number of benzene rings is 2. The van der Waals surface area contributed by atoms with E-state index in [1.54, 1.807) is 0 Å². The van der Waals surface area contributed by atoms with Gasteiger partial charge in [0, 0.05) is 0 Å². The molecule has 0 atom stereocenters. The van der Waals surface area contributed by atoms with Gasteiger partial charge in [-0.25, -0.2) is 0 Å². The van der Waals surface area contributed by atoms with Gasteiger partial charge in [0.25, 0.3) is 0 Å². The van der Waals surface area contributed by atoms with Crippen molar-refractivity contribution in [3.63, 3.8) is 0 Å². The van der Waals surface area contributed by atoms with Crippen LogP contribution < -0.4 is 0 Å². The second kappa shape index (κ2) is 6.24. The first-order valence-corrected chi connectivity index (χ1v) is 6.50. The minimum atomic E-state index is 1.13. The van der Waals surface area contributed by atoms with Crippen LogP contribution in [-0.4, -0.2) is 0 Å². The molecule has 2 aromatic carbocycles. The van der Waals surface area contributed by atoms with E-state index in [4.69, 9.17) is 0 Å². The summed E-state index contributed by atoms with van der Waals surface area (Å²) in [5.41, 5.74) is 4.33. The number of hydrogen-bond acceptors (Lipinski definition) is 0. The van der Waals surface area contributed by atoms with Crippen molar-refractivity contribution in [3.8, 4) is 0 Å². The standard InChI is InChI=1S/C17H20/c1-2-15-11-13-17(14-12-15)10-6-9-16-7-4-3-5-8-16/h3-5,7-8,11-14H,2,6,9-10H2,1H3. The summed E-state index contributed by atoms with van der Waals surface area (Å²) in [6.45, 7) is 2.20. The highest BCUT2D eigenvalue weighted by Gasteiger charge is 1.95. The first-order valence-electron chi connectivity index (χ1n) is 6.50. The first-order chi connectivity index (χ1) is 8.38. The molecule has 17 heavy (non-hydrogen) atoms. The normalized spacial score (nSPS) is 10.4. The molecule has 0 aliphatic rings. The van der Waals surface area contributed by atoms with Crippen molar-refractivity contribution in [2.75, 3.05) is 0 Å². The van der Waals surface area contributed by atoms with Gasteiger partial charge in [0.1, 0.15) is 0 Å². The fraction of sp³-hybridized carbons (Fsp3) is 0.294. The zero-order chi connectivity index (χ0) is 11.9. The Kier molecular flexibility index (Phi) is 4.37. The van der Waals surface area contributed by atoms with Crippen LogP contribution in [0, 0.1) is 0 Å². The third-order valence-electron chi connectivity index (χ3n) is 3.20. The number of hydrogen-bond donors (Lipinski definition) is 0. The van der Waals surface area contributed by atoms with E-state index in [9.17, 15) is 0 Å². The molecule has 0 fully saturated rings. The summed E-state index contributed by atoms with van der Waals surface area (Å²) in [5.74, 6) is 0.